The van der Waals surface area contributed by atoms with Crippen molar-refractivity contribution in [2.24, 2.45) is 5.10 Å². The SMILES string of the molecule is Cc1ncc(CO)c(/C=N/n2c(COc3ccc(Cl)cc3)n[nH]c2=S)c1O. The highest BCUT2D eigenvalue weighted by atomic mass is 35.5. The van der Waals surface area contributed by atoms with Gasteiger partial charge in [0, 0.05) is 22.3 Å². The smallest absolute Gasteiger partial charge is 0.216 e. The average molecular weight is 406 g/mol. The van der Waals surface area contributed by atoms with Crippen molar-refractivity contribution in [3.8, 4) is 11.5 Å². The van der Waals surface area contributed by atoms with E-state index in [1.165, 1.54) is 17.1 Å². The van der Waals surface area contributed by atoms with E-state index in [2.05, 4.69) is 20.3 Å². The number of aliphatic hydroxyl groups is 1. The second kappa shape index (κ2) is 8.30. The maximum atomic E-state index is 10.2. The van der Waals surface area contributed by atoms with Crippen LogP contribution in [-0.4, -0.2) is 36.3 Å². The highest BCUT2D eigenvalue weighted by Gasteiger charge is 2.11. The van der Waals surface area contributed by atoms with Gasteiger partial charge in [0.15, 0.2) is 5.82 Å². The Bertz CT molecular complexity index is 1030. The van der Waals surface area contributed by atoms with Crippen LogP contribution in [0.5, 0.6) is 11.5 Å². The number of nitrogens with zero attached hydrogens (tertiary/aromatic N) is 4. The lowest BCUT2D eigenvalue weighted by atomic mass is 10.1. The summed E-state index contributed by atoms with van der Waals surface area (Å²) in [6.45, 7) is 1.48. The Morgan fingerprint density at radius 3 is 2.81 bits per heavy atom. The molecule has 0 radical (unpaired) electrons. The minimum atomic E-state index is -0.286. The quantitative estimate of drug-likeness (QED) is 0.429. The molecule has 27 heavy (non-hydrogen) atoms. The Labute approximate surface area is 164 Å². The summed E-state index contributed by atoms with van der Waals surface area (Å²) in [5, 5.41) is 31.3. The predicted molar refractivity (Wildman–Crippen MR) is 103 cm³/mol. The minimum absolute atomic E-state index is 0.0562. The molecule has 0 spiro atoms. The van der Waals surface area contributed by atoms with Gasteiger partial charge in [0.25, 0.3) is 0 Å². The highest BCUT2D eigenvalue weighted by molar-refractivity contribution is 7.71. The molecule has 3 rings (SSSR count). The summed E-state index contributed by atoms with van der Waals surface area (Å²) in [6, 6.07) is 6.92. The Hall–Kier alpha value is -2.75. The molecule has 0 aliphatic heterocycles. The van der Waals surface area contributed by atoms with Gasteiger partial charge < -0.3 is 14.9 Å². The van der Waals surface area contributed by atoms with Crippen LogP contribution in [0.25, 0.3) is 0 Å². The fourth-order valence-electron chi connectivity index (χ4n) is 2.25. The highest BCUT2D eigenvalue weighted by Crippen LogP contribution is 2.22. The Kier molecular flexibility index (Phi) is 5.84. The average Bonchev–Trinajstić information content (AvgIpc) is 3.02. The van der Waals surface area contributed by atoms with E-state index in [9.17, 15) is 10.2 Å². The van der Waals surface area contributed by atoms with E-state index in [-0.39, 0.29) is 23.7 Å². The van der Waals surface area contributed by atoms with Gasteiger partial charge in [-0.1, -0.05) is 11.6 Å². The summed E-state index contributed by atoms with van der Waals surface area (Å²) in [7, 11) is 0. The standard InChI is InChI=1S/C17H16ClN5O3S/c1-10-16(25)14(11(8-24)6-19-10)7-20-23-15(21-22-17(23)27)9-26-13-4-2-12(18)3-5-13/h2-7,24-25H,8-9H2,1H3,(H,22,27)/b20-7+. The number of ether oxygens (including phenoxy) is 1. The van der Waals surface area contributed by atoms with Crippen molar-refractivity contribution in [1.82, 2.24) is 19.9 Å². The molecule has 2 heterocycles. The van der Waals surface area contributed by atoms with E-state index in [4.69, 9.17) is 28.6 Å². The number of nitrogens with one attached hydrogen (secondary N) is 1. The van der Waals surface area contributed by atoms with Crippen LogP contribution >= 0.6 is 23.8 Å². The first-order valence-electron chi connectivity index (χ1n) is 7.87. The monoisotopic (exact) mass is 405 g/mol. The maximum Gasteiger partial charge on any atom is 0.216 e. The fourth-order valence-corrected chi connectivity index (χ4v) is 2.58. The maximum absolute atomic E-state index is 10.2. The summed E-state index contributed by atoms with van der Waals surface area (Å²) in [4.78, 5) is 4.01. The first-order valence-corrected chi connectivity index (χ1v) is 8.65. The van der Waals surface area contributed by atoms with E-state index in [0.29, 0.717) is 33.4 Å². The number of halogens is 1. The topological polar surface area (TPSA) is 109 Å². The first-order chi connectivity index (χ1) is 13.0. The molecule has 0 atom stereocenters. The zero-order valence-electron chi connectivity index (χ0n) is 14.3. The summed E-state index contributed by atoms with van der Waals surface area (Å²) in [5.41, 5.74) is 1.23. The normalized spacial score (nSPS) is 11.2. The predicted octanol–water partition coefficient (Wildman–Crippen LogP) is 2.96. The molecule has 140 valence electrons. The number of benzene rings is 1. The molecular weight excluding hydrogens is 390 g/mol. The van der Waals surface area contributed by atoms with Gasteiger partial charge in [0.1, 0.15) is 18.1 Å². The van der Waals surface area contributed by atoms with Gasteiger partial charge in [0.2, 0.25) is 4.77 Å². The molecule has 0 saturated carbocycles. The molecule has 0 bridgehead atoms. The van der Waals surface area contributed by atoms with E-state index in [1.807, 2.05) is 0 Å². The molecule has 0 amide bonds. The third-order valence-corrected chi connectivity index (χ3v) is 4.25. The number of rotatable bonds is 6. The summed E-state index contributed by atoms with van der Waals surface area (Å²) in [5.74, 6) is 0.995. The zero-order valence-corrected chi connectivity index (χ0v) is 15.8. The number of H-pyrrole nitrogens is 1. The largest absolute Gasteiger partial charge is 0.505 e. The van der Waals surface area contributed by atoms with Crippen molar-refractivity contribution in [2.45, 2.75) is 20.1 Å². The van der Waals surface area contributed by atoms with Crippen LogP contribution in [0, 0.1) is 11.7 Å². The second-order valence-corrected chi connectivity index (χ2v) is 6.36. The van der Waals surface area contributed by atoms with Gasteiger partial charge in [-0.15, -0.1) is 0 Å². The molecule has 0 unspecified atom stereocenters. The molecule has 8 nitrogen and oxygen atoms in total. The Balaban J connectivity index is 1.85. The van der Waals surface area contributed by atoms with E-state index in [0.717, 1.165) is 0 Å². The van der Waals surface area contributed by atoms with Crippen LogP contribution in [-0.2, 0) is 13.2 Å². The Morgan fingerprint density at radius 2 is 2.11 bits per heavy atom. The summed E-state index contributed by atoms with van der Waals surface area (Å²) >= 11 is 11.0. The number of pyridine rings is 1. The van der Waals surface area contributed by atoms with Crippen LogP contribution in [0.1, 0.15) is 22.6 Å². The number of hydrogen-bond acceptors (Lipinski definition) is 7. The molecule has 3 aromatic rings. The van der Waals surface area contributed by atoms with E-state index < -0.39 is 0 Å². The molecule has 1 aromatic carbocycles. The lowest BCUT2D eigenvalue weighted by Gasteiger charge is -2.08. The molecular formula is C17H16ClN5O3S. The van der Waals surface area contributed by atoms with Crippen molar-refractivity contribution in [1.29, 1.82) is 0 Å². The fraction of sp³-hybridized carbons (Fsp3) is 0.176. The van der Waals surface area contributed by atoms with Crippen molar-refractivity contribution >= 4 is 30.0 Å². The lowest BCUT2D eigenvalue weighted by Crippen LogP contribution is -2.05. The van der Waals surface area contributed by atoms with Gasteiger partial charge in [-0.25, -0.2) is 5.10 Å². The number of hydrogen-bond donors (Lipinski definition) is 3. The molecule has 0 fully saturated rings. The molecule has 0 aliphatic rings. The number of aromatic nitrogens is 4. The van der Waals surface area contributed by atoms with Crippen LogP contribution in [0.15, 0.2) is 35.6 Å². The van der Waals surface area contributed by atoms with Gasteiger partial charge in [-0.05, 0) is 43.4 Å². The van der Waals surface area contributed by atoms with Gasteiger partial charge in [-0.2, -0.15) is 14.9 Å². The molecule has 0 saturated heterocycles. The number of aromatic amines is 1. The number of aryl methyl sites for hydroxylation is 1. The molecule has 2 aromatic heterocycles. The summed E-state index contributed by atoms with van der Waals surface area (Å²) < 4.78 is 7.30. The van der Waals surface area contributed by atoms with Crippen LogP contribution in [0.4, 0.5) is 0 Å². The van der Waals surface area contributed by atoms with Gasteiger partial charge >= 0.3 is 0 Å². The number of aromatic hydroxyl groups is 1. The third-order valence-electron chi connectivity index (χ3n) is 3.73. The first kappa shape index (κ1) is 19.0. The molecule has 10 heteroatoms. The van der Waals surface area contributed by atoms with Crippen molar-refractivity contribution in [3.63, 3.8) is 0 Å². The van der Waals surface area contributed by atoms with E-state index in [1.54, 1.807) is 31.2 Å². The molecule has 0 aliphatic carbocycles. The Morgan fingerprint density at radius 1 is 1.37 bits per heavy atom. The van der Waals surface area contributed by atoms with Crippen molar-refractivity contribution in [2.75, 3.05) is 0 Å². The van der Waals surface area contributed by atoms with Gasteiger partial charge in [-0.3, -0.25) is 4.98 Å². The van der Waals surface area contributed by atoms with Crippen LogP contribution in [0.3, 0.4) is 0 Å². The second-order valence-electron chi connectivity index (χ2n) is 5.53. The van der Waals surface area contributed by atoms with Crippen LogP contribution < -0.4 is 4.74 Å². The van der Waals surface area contributed by atoms with Crippen molar-refractivity contribution in [3.05, 3.63) is 62.9 Å². The van der Waals surface area contributed by atoms with Gasteiger partial charge in [0.05, 0.1) is 18.5 Å². The minimum Gasteiger partial charge on any atom is -0.505 e. The third kappa shape index (κ3) is 4.33. The zero-order chi connectivity index (χ0) is 19.4. The number of aliphatic hydroxyl groups excluding tert-OH is 1. The van der Waals surface area contributed by atoms with E-state index >= 15 is 0 Å². The van der Waals surface area contributed by atoms with Crippen molar-refractivity contribution < 1.29 is 14.9 Å². The summed E-state index contributed by atoms with van der Waals surface area (Å²) in [6.07, 6.45) is 2.88. The van der Waals surface area contributed by atoms with Crippen LogP contribution in [0.2, 0.25) is 5.02 Å². The molecule has 3 N–H and O–H groups in total. The lowest BCUT2D eigenvalue weighted by molar-refractivity contribution is 0.280.